The van der Waals surface area contributed by atoms with E-state index >= 15 is 0 Å². The van der Waals surface area contributed by atoms with E-state index in [4.69, 9.17) is 0 Å². The Balaban J connectivity index is 2.05. The number of aryl methyl sites for hydroxylation is 2. The maximum atomic E-state index is 13.9. The summed E-state index contributed by atoms with van der Waals surface area (Å²) in [5, 5.41) is 0. The van der Waals surface area contributed by atoms with Gasteiger partial charge in [0, 0.05) is 11.1 Å². The minimum atomic E-state index is -4.67. The van der Waals surface area contributed by atoms with Crippen LogP contribution in [0.1, 0.15) is 34.7 Å². The number of nitrogens with zero attached hydrogens (tertiary/aromatic N) is 1. The first-order valence-corrected chi connectivity index (χ1v) is 9.76. The van der Waals surface area contributed by atoms with Gasteiger partial charge >= 0.3 is 12.4 Å². The summed E-state index contributed by atoms with van der Waals surface area (Å²) >= 11 is 0. The van der Waals surface area contributed by atoms with Crippen molar-refractivity contribution in [3.63, 3.8) is 0 Å². The number of alkyl halides is 6. The summed E-state index contributed by atoms with van der Waals surface area (Å²) in [5.41, 5.74) is 1.58. The second kappa shape index (κ2) is 7.11. The van der Waals surface area contributed by atoms with Crippen molar-refractivity contribution in [1.82, 2.24) is 0 Å². The second-order valence-electron chi connectivity index (χ2n) is 7.97. The highest BCUT2D eigenvalue weighted by Crippen LogP contribution is 2.52. The molecule has 0 saturated heterocycles. The molecule has 0 spiro atoms. The van der Waals surface area contributed by atoms with Gasteiger partial charge in [0.05, 0.1) is 22.9 Å². The van der Waals surface area contributed by atoms with Crippen LogP contribution in [0.2, 0.25) is 0 Å². The van der Waals surface area contributed by atoms with Crippen molar-refractivity contribution < 1.29 is 26.3 Å². The van der Waals surface area contributed by atoms with Crippen molar-refractivity contribution in [3.05, 3.63) is 81.9 Å². The molecule has 0 saturated carbocycles. The average Bonchev–Trinajstić information content (AvgIpc) is 2.98. The van der Waals surface area contributed by atoms with Gasteiger partial charge in [-0.2, -0.15) is 26.3 Å². The average molecular weight is 435 g/mol. The molecule has 0 fully saturated rings. The largest absolute Gasteiger partial charge is 0.417 e. The van der Waals surface area contributed by atoms with Gasteiger partial charge in [-0.15, -0.1) is 0 Å². The number of fused-ring (bicyclic) bond motifs is 2. The van der Waals surface area contributed by atoms with E-state index in [-0.39, 0.29) is 22.4 Å². The second-order valence-corrected chi connectivity index (χ2v) is 7.97. The van der Waals surface area contributed by atoms with E-state index in [1.165, 1.54) is 19.1 Å². The summed E-state index contributed by atoms with van der Waals surface area (Å²) < 4.78 is 82.6. The maximum Gasteiger partial charge on any atom is 0.417 e. The van der Waals surface area contributed by atoms with Crippen LogP contribution in [-0.2, 0) is 6.18 Å². The third-order valence-corrected chi connectivity index (χ3v) is 5.96. The van der Waals surface area contributed by atoms with Gasteiger partial charge in [-0.05, 0) is 54.2 Å². The lowest BCUT2D eigenvalue weighted by Gasteiger charge is -2.29. The molecule has 0 aromatic heterocycles. The van der Waals surface area contributed by atoms with Gasteiger partial charge in [0.15, 0.2) is 0 Å². The molecule has 2 aliphatic rings. The van der Waals surface area contributed by atoms with Crippen LogP contribution in [0.15, 0.2) is 59.1 Å². The molecule has 2 atom stereocenters. The van der Waals surface area contributed by atoms with E-state index in [1.807, 2.05) is 0 Å². The van der Waals surface area contributed by atoms with Crippen molar-refractivity contribution in [2.45, 2.75) is 33.1 Å². The van der Waals surface area contributed by atoms with Crippen LogP contribution in [0.25, 0.3) is 5.57 Å². The van der Waals surface area contributed by atoms with Gasteiger partial charge in [0.25, 0.3) is 0 Å². The Labute approximate surface area is 175 Å². The first-order valence-electron chi connectivity index (χ1n) is 9.76. The number of rotatable bonds is 1. The Kier molecular flexibility index (Phi) is 4.91. The van der Waals surface area contributed by atoms with Crippen LogP contribution < -0.4 is 0 Å². The summed E-state index contributed by atoms with van der Waals surface area (Å²) in [5.74, 6) is -2.81. The minimum Gasteiger partial charge on any atom is -0.247 e. The molecule has 0 bridgehead atoms. The van der Waals surface area contributed by atoms with Gasteiger partial charge < -0.3 is 0 Å². The monoisotopic (exact) mass is 435 g/mol. The molecule has 0 N–H and O–H groups in total. The maximum absolute atomic E-state index is 13.9. The molecule has 0 aliphatic heterocycles. The highest BCUT2D eigenvalue weighted by atomic mass is 19.4. The number of hydrogen-bond acceptors (Lipinski definition) is 1. The van der Waals surface area contributed by atoms with Crippen molar-refractivity contribution in [2.24, 2.45) is 16.8 Å². The zero-order valence-corrected chi connectivity index (χ0v) is 17.0. The van der Waals surface area contributed by atoms with Crippen LogP contribution >= 0.6 is 0 Å². The predicted molar refractivity (Wildman–Crippen MR) is 108 cm³/mol. The van der Waals surface area contributed by atoms with E-state index in [9.17, 15) is 26.3 Å². The Morgan fingerprint density at radius 3 is 2.13 bits per heavy atom. The Morgan fingerprint density at radius 2 is 1.52 bits per heavy atom. The first-order chi connectivity index (χ1) is 14.4. The summed E-state index contributed by atoms with van der Waals surface area (Å²) in [6.45, 7) is 4.82. The van der Waals surface area contributed by atoms with Crippen LogP contribution in [0.3, 0.4) is 0 Å². The van der Waals surface area contributed by atoms with Gasteiger partial charge in [-0.3, -0.25) is 0 Å². The van der Waals surface area contributed by atoms with Crippen molar-refractivity contribution in [2.75, 3.05) is 0 Å². The molecule has 0 amide bonds. The predicted octanol–water partition coefficient (Wildman–Crippen LogP) is 7.59. The Hall–Kier alpha value is -2.83. The minimum absolute atomic E-state index is 0.0686. The van der Waals surface area contributed by atoms with Gasteiger partial charge in [0.2, 0.25) is 0 Å². The summed E-state index contributed by atoms with van der Waals surface area (Å²) in [7, 11) is 0. The summed E-state index contributed by atoms with van der Waals surface area (Å²) in [6, 6.07) is 9.26. The SMILES string of the molecule is Cc1ccccc1N=C1C2=C(c3c(C)ccc(C(F)(F)F)c31)C(C)C(C(F)(F)F)C=C2. The summed E-state index contributed by atoms with van der Waals surface area (Å²) in [6.07, 6.45) is -6.86. The number of allylic oxidation sites excluding steroid dienone is 4. The Bertz CT molecular complexity index is 1150. The van der Waals surface area contributed by atoms with Crippen LogP contribution in [0.5, 0.6) is 0 Å². The highest BCUT2D eigenvalue weighted by Gasteiger charge is 2.49. The van der Waals surface area contributed by atoms with Crippen molar-refractivity contribution in [3.8, 4) is 0 Å². The third-order valence-electron chi connectivity index (χ3n) is 5.96. The topological polar surface area (TPSA) is 12.4 Å². The zero-order chi connectivity index (χ0) is 22.7. The van der Waals surface area contributed by atoms with Gasteiger partial charge in [-0.1, -0.05) is 43.3 Å². The number of hydrogen-bond donors (Lipinski definition) is 0. The molecule has 2 aromatic rings. The van der Waals surface area contributed by atoms with Crippen molar-refractivity contribution in [1.29, 1.82) is 0 Å². The van der Waals surface area contributed by atoms with Crippen LogP contribution in [0.4, 0.5) is 32.0 Å². The fourth-order valence-corrected chi connectivity index (χ4v) is 4.44. The molecule has 2 aromatic carbocycles. The molecule has 162 valence electrons. The summed E-state index contributed by atoms with van der Waals surface area (Å²) in [4.78, 5) is 4.55. The molecule has 0 radical (unpaired) electrons. The lowest BCUT2D eigenvalue weighted by molar-refractivity contribution is -0.168. The fourth-order valence-electron chi connectivity index (χ4n) is 4.44. The molecular formula is C24H19F6N. The first kappa shape index (κ1) is 21.4. The van der Waals surface area contributed by atoms with E-state index < -0.39 is 29.8 Å². The quantitative estimate of drug-likeness (QED) is 0.409. The van der Waals surface area contributed by atoms with Crippen LogP contribution in [-0.4, -0.2) is 11.9 Å². The van der Waals surface area contributed by atoms with E-state index in [0.29, 0.717) is 16.8 Å². The van der Waals surface area contributed by atoms with Crippen molar-refractivity contribution >= 4 is 17.0 Å². The number of para-hydroxylation sites is 1. The lowest BCUT2D eigenvalue weighted by Crippen LogP contribution is -2.29. The lowest BCUT2D eigenvalue weighted by atomic mass is 9.78. The number of halogens is 6. The third kappa shape index (κ3) is 3.50. The van der Waals surface area contributed by atoms with E-state index in [0.717, 1.165) is 17.7 Å². The van der Waals surface area contributed by atoms with Gasteiger partial charge in [0.1, 0.15) is 0 Å². The molecule has 2 unspecified atom stereocenters. The zero-order valence-electron chi connectivity index (χ0n) is 17.0. The molecular weight excluding hydrogens is 416 g/mol. The molecule has 0 heterocycles. The standard InChI is InChI=1S/C24H19F6N/c1-12-6-4-5-7-18(12)31-22-15-9-11-16(23(25,26)27)14(3)20(15)19-13(2)8-10-17(21(19)22)24(28,29)30/h4-11,14,16H,1-3H3. The van der Waals surface area contributed by atoms with Crippen LogP contribution in [0, 0.1) is 25.7 Å². The molecule has 2 aliphatic carbocycles. The normalized spacial score (nSPS) is 22.2. The number of aliphatic imine (C=N–C) groups is 1. The smallest absolute Gasteiger partial charge is 0.247 e. The number of benzene rings is 2. The molecule has 4 rings (SSSR count). The van der Waals surface area contributed by atoms with E-state index in [2.05, 4.69) is 4.99 Å². The highest BCUT2D eigenvalue weighted by molar-refractivity contribution is 6.27. The molecule has 7 heteroatoms. The fraction of sp³-hybridized carbons (Fsp3) is 0.292. The molecule has 1 nitrogen and oxygen atoms in total. The van der Waals surface area contributed by atoms with Gasteiger partial charge in [-0.25, -0.2) is 4.99 Å². The van der Waals surface area contributed by atoms with E-state index in [1.54, 1.807) is 38.1 Å². The Morgan fingerprint density at radius 1 is 0.839 bits per heavy atom. The molecule has 31 heavy (non-hydrogen) atoms.